The van der Waals surface area contributed by atoms with Gasteiger partial charge in [-0.15, -0.1) is 10.2 Å². The van der Waals surface area contributed by atoms with E-state index >= 15 is 0 Å². The van der Waals surface area contributed by atoms with Gasteiger partial charge in [0.05, 0.1) is 5.69 Å². The van der Waals surface area contributed by atoms with Gasteiger partial charge in [-0.25, -0.2) is 0 Å². The molecule has 4 heteroatoms. The summed E-state index contributed by atoms with van der Waals surface area (Å²) in [5, 5.41) is 12.5. The topological polar surface area (TPSA) is 41.9 Å². The largest absolute Gasteiger partial charge is 0.374 e. The number of hydrogen-bond acceptors (Lipinski definition) is 4. The number of hydrogen-bond donors (Lipinski definition) is 0. The molecule has 0 aliphatic heterocycles. The summed E-state index contributed by atoms with van der Waals surface area (Å²) >= 11 is 0. The Hall–Kier alpha value is -2.75. The molecule has 0 N–H and O–H groups in total. The van der Waals surface area contributed by atoms with Gasteiger partial charge in [0.15, 0.2) is 0 Å². The third kappa shape index (κ3) is 2.60. The quantitative estimate of drug-likeness (QED) is 0.736. The highest BCUT2D eigenvalue weighted by molar-refractivity contribution is 5.85. The molecular weight excluding hydrogens is 260 g/mol. The van der Waals surface area contributed by atoms with Gasteiger partial charge in [-0.3, -0.25) is 0 Å². The molecule has 0 fully saturated rings. The lowest BCUT2D eigenvalue weighted by Gasteiger charge is -2.19. The van der Waals surface area contributed by atoms with E-state index in [4.69, 9.17) is 0 Å². The van der Waals surface area contributed by atoms with Crippen molar-refractivity contribution in [1.82, 2.24) is 15.4 Å². The lowest BCUT2D eigenvalue weighted by atomic mass is 10.0. The smallest absolute Gasteiger partial charge is 0.120 e. The summed E-state index contributed by atoms with van der Waals surface area (Å²) in [5.41, 5.74) is 4.73. The third-order valence-corrected chi connectivity index (χ3v) is 3.28. The van der Waals surface area contributed by atoms with Crippen molar-refractivity contribution in [2.24, 2.45) is 0 Å². The van der Waals surface area contributed by atoms with E-state index in [1.165, 1.54) is 0 Å². The summed E-state index contributed by atoms with van der Waals surface area (Å²) in [5.74, 6) is 0. The standard InChI is InChI=1S/C17H16N4/c1-21(2)17-15(13-9-5-3-6-10-13)18-20-19-16(17)14-11-7-4-8-12-14/h3-12H,1-2H3. The van der Waals surface area contributed by atoms with Crippen LogP contribution in [0.1, 0.15) is 0 Å². The van der Waals surface area contributed by atoms with Gasteiger partial charge >= 0.3 is 0 Å². The third-order valence-electron chi connectivity index (χ3n) is 3.28. The monoisotopic (exact) mass is 276 g/mol. The molecule has 0 aliphatic carbocycles. The fraction of sp³-hybridized carbons (Fsp3) is 0.118. The molecule has 1 heterocycles. The van der Waals surface area contributed by atoms with Crippen LogP contribution in [0, 0.1) is 0 Å². The Morgan fingerprint density at radius 2 is 1.10 bits per heavy atom. The number of rotatable bonds is 3. The molecule has 4 nitrogen and oxygen atoms in total. The first-order chi connectivity index (χ1) is 10.3. The minimum Gasteiger partial charge on any atom is -0.374 e. The second-order valence-electron chi connectivity index (χ2n) is 4.96. The predicted octanol–water partition coefficient (Wildman–Crippen LogP) is 3.27. The van der Waals surface area contributed by atoms with Crippen LogP contribution < -0.4 is 4.90 Å². The molecule has 0 atom stereocenters. The average Bonchev–Trinajstić information content (AvgIpc) is 2.55. The molecule has 0 unspecified atom stereocenters. The minimum atomic E-state index is 0.842. The molecule has 1 aromatic heterocycles. The summed E-state index contributed by atoms with van der Waals surface area (Å²) in [4.78, 5) is 2.03. The highest BCUT2D eigenvalue weighted by atomic mass is 15.3. The fourth-order valence-electron chi connectivity index (χ4n) is 2.32. The Labute approximate surface area is 124 Å². The van der Waals surface area contributed by atoms with Crippen LogP contribution in [-0.2, 0) is 0 Å². The zero-order valence-electron chi connectivity index (χ0n) is 12.1. The molecule has 3 rings (SSSR count). The van der Waals surface area contributed by atoms with Crippen LogP contribution in [0.15, 0.2) is 60.7 Å². The second kappa shape index (κ2) is 5.71. The Kier molecular flexibility index (Phi) is 3.60. The minimum absolute atomic E-state index is 0.842. The van der Waals surface area contributed by atoms with E-state index in [-0.39, 0.29) is 0 Å². The highest BCUT2D eigenvalue weighted by Gasteiger charge is 2.17. The highest BCUT2D eigenvalue weighted by Crippen LogP contribution is 2.34. The molecule has 0 aliphatic rings. The van der Waals surface area contributed by atoms with Crippen LogP contribution >= 0.6 is 0 Å². The lowest BCUT2D eigenvalue weighted by Crippen LogP contribution is -2.14. The van der Waals surface area contributed by atoms with Crippen molar-refractivity contribution in [3.8, 4) is 22.5 Å². The van der Waals surface area contributed by atoms with Crippen LogP contribution in [0.4, 0.5) is 5.69 Å². The van der Waals surface area contributed by atoms with E-state index < -0.39 is 0 Å². The van der Waals surface area contributed by atoms with Crippen molar-refractivity contribution in [2.75, 3.05) is 19.0 Å². The number of aromatic nitrogens is 3. The number of anilines is 1. The Balaban J connectivity index is 2.24. The molecule has 2 aromatic carbocycles. The van der Waals surface area contributed by atoms with Crippen molar-refractivity contribution < 1.29 is 0 Å². The maximum Gasteiger partial charge on any atom is 0.120 e. The molecule has 0 bridgehead atoms. The van der Waals surface area contributed by atoms with Crippen LogP contribution in [0.5, 0.6) is 0 Å². The van der Waals surface area contributed by atoms with E-state index in [0.29, 0.717) is 0 Å². The first-order valence-electron chi connectivity index (χ1n) is 6.79. The van der Waals surface area contributed by atoms with Crippen LogP contribution in [0.2, 0.25) is 0 Å². The average molecular weight is 276 g/mol. The van der Waals surface area contributed by atoms with Gasteiger partial charge in [-0.1, -0.05) is 60.7 Å². The van der Waals surface area contributed by atoms with Crippen molar-refractivity contribution in [1.29, 1.82) is 0 Å². The Bertz CT molecular complexity index is 667. The van der Waals surface area contributed by atoms with Crippen LogP contribution in [0.25, 0.3) is 22.5 Å². The van der Waals surface area contributed by atoms with E-state index in [9.17, 15) is 0 Å². The molecule has 0 amide bonds. The van der Waals surface area contributed by atoms with Gasteiger partial charge in [0.2, 0.25) is 0 Å². The zero-order chi connectivity index (χ0) is 14.7. The molecule has 0 saturated carbocycles. The second-order valence-corrected chi connectivity index (χ2v) is 4.96. The lowest BCUT2D eigenvalue weighted by molar-refractivity contribution is 0.868. The predicted molar refractivity (Wildman–Crippen MR) is 85.0 cm³/mol. The van der Waals surface area contributed by atoms with Crippen molar-refractivity contribution in [3.63, 3.8) is 0 Å². The SMILES string of the molecule is CN(C)c1c(-c2ccccc2)nnnc1-c1ccccc1. The molecule has 0 spiro atoms. The van der Waals surface area contributed by atoms with Crippen LogP contribution in [0.3, 0.4) is 0 Å². The van der Waals surface area contributed by atoms with Crippen molar-refractivity contribution in [3.05, 3.63) is 60.7 Å². The maximum absolute atomic E-state index is 4.25. The van der Waals surface area contributed by atoms with E-state index in [0.717, 1.165) is 28.2 Å². The van der Waals surface area contributed by atoms with Gasteiger partial charge in [0.25, 0.3) is 0 Å². The summed E-state index contributed by atoms with van der Waals surface area (Å²) in [6, 6.07) is 20.1. The summed E-state index contributed by atoms with van der Waals surface area (Å²) in [7, 11) is 4.00. The van der Waals surface area contributed by atoms with Crippen molar-refractivity contribution in [2.45, 2.75) is 0 Å². The van der Waals surface area contributed by atoms with Gasteiger partial charge < -0.3 is 4.90 Å². The number of benzene rings is 2. The van der Waals surface area contributed by atoms with Gasteiger partial charge in [0.1, 0.15) is 11.4 Å². The molecule has 0 saturated heterocycles. The van der Waals surface area contributed by atoms with Crippen LogP contribution in [-0.4, -0.2) is 29.5 Å². The van der Waals surface area contributed by atoms with E-state index in [2.05, 4.69) is 15.4 Å². The summed E-state index contributed by atoms with van der Waals surface area (Å²) in [6.45, 7) is 0. The zero-order valence-corrected chi connectivity index (χ0v) is 12.1. The molecule has 3 aromatic rings. The Morgan fingerprint density at radius 1 is 0.667 bits per heavy atom. The van der Waals surface area contributed by atoms with Gasteiger partial charge in [-0.05, 0) is 5.21 Å². The Morgan fingerprint density at radius 3 is 1.48 bits per heavy atom. The van der Waals surface area contributed by atoms with Gasteiger partial charge in [0, 0.05) is 25.2 Å². The fourth-order valence-corrected chi connectivity index (χ4v) is 2.32. The first kappa shape index (κ1) is 13.2. The molecular formula is C17H16N4. The number of nitrogens with zero attached hydrogens (tertiary/aromatic N) is 4. The molecule has 104 valence electrons. The van der Waals surface area contributed by atoms with E-state index in [1.807, 2.05) is 79.7 Å². The van der Waals surface area contributed by atoms with E-state index in [1.54, 1.807) is 0 Å². The van der Waals surface area contributed by atoms with Crippen molar-refractivity contribution >= 4 is 5.69 Å². The normalized spacial score (nSPS) is 10.4. The first-order valence-corrected chi connectivity index (χ1v) is 6.79. The summed E-state index contributed by atoms with van der Waals surface area (Å²) < 4.78 is 0. The van der Waals surface area contributed by atoms with Gasteiger partial charge in [-0.2, -0.15) is 0 Å². The summed E-state index contributed by atoms with van der Waals surface area (Å²) in [6.07, 6.45) is 0. The molecule has 21 heavy (non-hydrogen) atoms. The maximum atomic E-state index is 4.25. The molecule has 0 radical (unpaired) electrons.